The Hall–Kier alpha value is -1.35. The predicted octanol–water partition coefficient (Wildman–Crippen LogP) is 2.61. The SMILES string of the molecule is CC1CC(=N)N(Cc2ccccc2)C1CCCN. The van der Waals surface area contributed by atoms with Crippen molar-refractivity contribution in [2.24, 2.45) is 11.7 Å². The van der Waals surface area contributed by atoms with Crippen molar-refractivity contribution in [3.05, 3.63) is 35.9 Å². The van der Waals surface area contributed by atoms with Crippen LogP contribution >= 0.6 is 0 Å². The molecule has 1 saturated heterocycles. The molecule has 0 radical (unpaired) electrons. The molecule has 18 heavy (non-hydrogen) atoms. The first-order chi connectivity index (χ1) is 8.72. The molecule has 1 aromatic carbocycles. The number of nitrogens with two attached hydrogens (primary N) is 1. The topological polar surface area (TPSA) is 53.1 Å². The molecular weight excluding hydrogens is 222 g/mol. The summed E-state index contributed by atoms with van der Waals surface area (Å²) >= 11 is 0. The maximum atomic E-state index is 8.15. The van der Waals surface area contributed by atoms with Crippen molar-refractivity contribution < 1.29 is 0 Å². The predicted molar refractivity (Wildman–Crippen MR) is 75.6 cm³/mol. The fourth-order valence-electron chi connectivity index (χ4n) is 2.83. The summed E-state index contributed by atoms with van der Waals surface area (Å²) in [7, 11) is 0. The number of nitrogens with one attached hydrogen (secondary N) is 1. The highest BCUT2D eigenvalue weighted by Crippen LogP contribution is 2.29. The van der Waals surface area contributed by atoms with Gasteiger partial charge in [-0.2, -0.15) is 0 Å². The molecule has 0 spiro atoms. The zero-order valence-electron chi connectivity index (χ0n) is 11.1. The molecule has 2 rings (SSSR count). The molecular formula is C15H23N3. The van der Waals surface area contributed by atoms with Crippen molar-refractivity contribution in [1.29, 1.82) is 5.41 Å². The van der Waals surface area contributed by atoms with Gasteiger partial charge in [0.2, 0.25) is 0 Å². The molecule has 0 aromatic heterocycles. The largest absolute Gasteiger partial charge is 0.353 e. The highest BCUT2D eigenvalue weighted by molar-refractivity contribution is 5.82. The average molecular weight is 245 g/mol. The van der Waals surface area contributed by atoms with E-state index in [0.29, 0.717) is 12.0 Å². The van der Waals surface area contributed by atoms with E-state index in [9.17, 15) is 0 Å². The van der Waals surface area contributed by atoms with E-state index in [1.165, 1.54) is 5.56 Å². The van der Waals surface area contributed by atoms with Gasteiger partial charge in [-0.3, -0.25) is 5.41 Å². The van der Waals surface area contributed by atoms with Gasteiger partial charge in [0, 0.05) is 19.0 Å². The lowest BCUT2D eigenvalue weighted by molar-refractivity contribution is 0.262. The third-order valence-electron chi connectivity index (χ3n) is 3.82. The number of nitrogens with zero attached hydrogens (tertiary/aromatic N) is 1. The number of benzene rings is 1. The molecule has 2 atom stereocenters. The Bertz CT molecular complexity index is 388. The molecule has 1 fully saturated rings. The fourth-order valence-corrected chi connectivity index (χ4v) is 2.83. The maximum Gasteiger partial charge on any atom is 0.0966 e. The average Bonchev–Trinajstić information content (AvgIpc) is 2.63. The molecule has 0 amide bonds. The van der Waals surface area contributed by atoms with Gasteiger partial charge in [0.15, 0.2) is 0 Å². The van der Waals surface area contributed by atoms with Crippen molar-refractivity contribution in [1.82, 2.24) is 4.90 Å². The van der Waals surface area contributed by atoms with Crippen LogP contribution in [-0.4, -0.2) is 23.3 Å². The molecule has 1 aliphatic heterocycles. The molecule has 0 saturated carbocycles. The minimum absolute atomic E-state index is 0.487. The van der Waals surface area contributed by atoms with Gasteiger partial charge in [-0.1, -0.05) is 37.3 Å². The number of rotatable bonds is 5. The Labute approximate surface area is 109 Å². The zero-order valence-corrected chi connectivity index (χ0v) is 11.1. The van der Waals surface area contributed by atoms with Crippen LogP contribution in [0.2, 0.25) is 0 Å². The summed E-state index contributed by atoms with van der Waals surface area (Å²) in [6, 6.07) is 10.9. The zero-order chi connectivity index (χ0) is 13.0. The minimum Gasteiger partial charge on any atom is -0.353 e. The highest BCUT2D eigenvalue weighted by atomic mass is 15.2. The van der Waals surface area contributed by atoms with Gasteiger partial charge in [0.25, 0.3) is 0 Å². The molecule has 2 unspecified atom stereocenters. The van der Waals surface area contributed by atoms with Gasteiger partial charge in [-0.15, -0.1) is 0 Å². The van der Waals surface area contributed by atoms with Gasteiger partial charge in [-0.05, 0) is 30.9 Å². The first-order valence-corrected chi connectivity index (χ1v) is 6.80. The summed E-state index contributed by atoms with van der Waals surface area (Å²) in [5.74, 6) is 1.36. The van der Waals surface area contributed by atoms with Gasteiger partial charge in [0.05, 0.1) is 5.84 Å². The standard InChI is InChI=1S/C15H23N3/c1-12-10-15(17)18(14(12)8-5-9-16)11-13-6-3-2-4-7-13/h2-4,6-7,12,14,17H,5,8-11,16H2,1H3. The lowest BCUT2D eigenvalue weighted by Crippen LogP contribution is -2.34. The summed E-state index contributed by atoms with van der Waals surface area (Å²) in [5.41, 5.74) is 6.90. The Morgan fingerprint density at radius 1 is 1.33 bits per heavy atom. The van der Waals surface area contributed by atoms with Crippen LogP contribution in [0.5, 0.6) is 0 Å². The minimum atomic E-state index is 0.487. The molecule has 1 aliphatic rings. The number of hydrogen-bond acceptors (Lipinski definition) is 2. The second-order valence-electron chi connectivity index (χ2n) is 5.24. The van der Waals surface area contributed by atoms with Crippen molar-refractivity contribution in [2.75, 3.05) is 6.54 Å². The van der Waals surface area contributed by atoms with E-state index in [2.05, 4.69) is 36.1 Å². The van der Waals surface area contributed by atoms with Gasteiger partial charge >= 0.3 is 0 Å². The van der Waals surface area contributed by atoms with Crippen LogP contribution in [0.1, 0.15) is 31.7 Å². The Morgan fingerprint density at radius 3 is 2.72 bits per heavy atom. The smallest absolute Gasteiger partial charge is 0.0966 e. The van der Waals surface area contributed by atoms with Crippen LogP contribution in [0.15, 0.2) is 30.3 Å². The highest BCUT2D eigenvalue weighted by Gasteiger charge is 2.33. The lowest BCUT2D eigenvalue weighted by atomic mass is 9.98. The molecule has 98 valence electrons. The van der Waals surface area contributed by atoms with Crippen molar-refractivity contribution in [3.63, 3.8) is 0 Å². The van der Waals surface area contributed by atoms with E-state index in [1.807, 2.05) is 6.07 Å². The van der Waals surface area contributed by atoms with E-state index in [1.54, 1.807) is 0 Å². The first-order valence-electron chi connectivity index (χ1n) is 6.80. The Kier molecular flexibility index (Phi) is 4.37. The molecule has 1 heterocycles. The van der Waals surface area contributed by atoms with E-state index in [-0.39, 0.29) is 0 Å². The Morgan fingerprint density at radius 2 is 2.06 bits per heavy atom. The van der Waals surface area contributed by atoms with Crippen molar-refractivity contribution in [3.8, 4) is 0 Å². The van der Waals surface area contributed by atoms with Gasteiger partial charge < -0.3 is 10.6 Å². The first kappa shape index (κ1) is 13.1. The van der Waals surface area contributed by atoms with E-state index >= 15 is 0 Å². The molecule has 1 aromatic rings. The van der Waals surface area contributed by atoms with Crippen LogP contribution in [0.25, 0.3) is 0 Å². The molecule has 3 heteroatoms. The lowest BCUT2D eigenvalue weighted by Gasteiger charge is -2.28. The van der Waals surface area contributed by atoms with E-state index < -0.39 is 0 Å². The molecule has 0 aliphatic carbocycles. The molecule has 0 bridgehead atoms. The van der Waals surface area contributed by atoms with Gasteiger partial charge in [-0.25, -0.2) is 0 Å². The monoisotopic (exact) mass is 245 g/mol. The summed E-state index contributed by atoms with van der Waals surface area (Å²) in [6.07, 6.45) is 3.06. The maximum absolute atomic E-state index is 8.15. The number of likely N-dealkylation sites (tertiary alicyclic amines) is 1. The number of amidine groups is 1. The van der Waals surface area contributed by atoms with Crippen molar-refractivity contribution >= 4 is 5.84 Å². The molecule has 3 nitrogen and oxygen atoms in total. The Balaban J connectivity index is 2.06. The number of hydrogen-bond donors (Lipinski definition) is 2. The normalized spacial score (nSPS) is 23.7. The van der Waals surface area contributed by atoms with Crippen LogP contribution in [0.4, 0.5) is 0 Å². The molecule has 3 N–H and O–H groups in total. The van der Waals surface area contributed by atoms with Crippen LogP contribution in [-0.2, 0) is 6.54 Å². The van der Waals surface area contributed by atoms with Crippen LogP contribution < -0.4 is 5.73 Å². The second kappa shape index (κ2) is 6.01. The fraction of sp³-hybridized carbons (Fsp3) is 0.533. The van der Waals surface area contributed by atoms with E-state index in [4.69, 9.17) is 11.1 Å². The van der Waals surface area contributed by atoms with Gasteiger partial charge in [0.1, 0.15) is 0 Å². The van der Waals surface area contributed by atoms with Crippen molar-refractivity contribution in [2.45, 2.75) is 38.8 Å². The summed E-state index contributed by atoms with van der Waals surface area (Å²) in [4.78, 5) is 2.26. The summed E-state index contributed by atoms with van der Waals surface area (Å²) in [6.45, 7) is 3.86. The third-order valence-corrected chi connectivity index (χ3v) is 3.82. The van der Waals surface area contributed by atoms with E-state index in [0.717, 1.165) is 38.2 Å². The quantitative estimate of drug-likeness (QED) is 0.838. The second-order valence-corrected chi connectivity index (χ2v) is 5.24. The summed E-state index contributed by atoms with van der Waals surface area (Å²) in [5, 5.41) is 8.15. The van der Waals surface area contributed by atoms with Crippen LogP contribution in [0, 0.1) is 11.3 Å². The van der Waals surface area contributed by atoms with Crippen LogP contribution in [0.3, 0.4) is 0 Å². The summed E-state index contributed by atoms with van der Waals surface area (Å²) < 4.78 is 0. The third kappa shape index (κ3) is 2.91.